The van der Waals surface area contributed by atoms with Gasteiger partial charge in [0.25, 0.3) is 0 Å². The summed E-state index contributed by atoms with van der Waals surface area (Å²) in [5, 5.41) is 11.0. The number of aromatic nitrogens is 4. The Bertz CT molecular complexity index is 2310. The number of fused-ring (bicyclic) bond motifs is 1. The van der Waals surface area contributed by atoms with E-state index in [1.165, 1.54) is 9.87 Å². The normalized spacial score (nSPS) is 21.7. The number of aryl methyl sites for hydroxylation is 1. The van der Waals surface area contributed by atoms with Crippen LogP contribution in [-0.4, -0.2) is 108 Å². The van der Waals surface area contributed by atoms with E-state index < -0.39 is 27.8 Å². The number of piperidine rings is 2. The van der Waals surface area contributed by atoms with E-state index >= 15 is 0 Å². The molecule has 6 heterocycles. The molecule has 58 heavy (non-hydrogen) atoms. The molecule has 5 aliphatic rings. The highest BCUT2D eigenvalue weighted by atomic mass is 32.2. The van der Waals surface area contributed by atoms with E-state index in [0.29, 0.717) is 55.0 Å². The van der Waals surface area contributed by atoms with Gasteiger partial charge in [0.2, 0.25) is 21.9 Å². The van der Waals surface area contributed by atoms with Crippen molar-refractivity contribution in [2.45, 2.75) is 68.0 Å². The Balaban J connectivity index is 0.729. The Labute approximate surface area is 334 Å². The van der Waals surface area contributed by atoms with Crippen molar-refractivity contribution < 1.29 is 31.2 Å². The number of alkyl halides is 3. The predicted molar refractivity (Wildman–Crippen MR) is 211 cm³/mol. The lowest BCUT2D eigenvalue weighted by molar-refractivity contribution is -0.138. The number of likely N-dealkylation sites (tertiary alicyclic amines) is 1. The van der Waals surface area contributed by atoms with Crippen LogP contribution in [0.4, 0.5) is 35.4 Å². The number of hydrogen-bond donors (Lipinski definition) is 2. The average Bonchev–Trinajstić information content (AvgIpc) is 3.50. The van der Waals surface area contributed by atoms with Gasteiger partial charge < -0.3 is 15.1 Å². The Morgan fingerprint density at radius 1 is 0.931 bits per heavy atom. The zero-order valence-electron chi connectivity index (χ0n) is 32.3. The van der Waals surface area contributed by atoms with Crippen LogP contribution in [0.5, 0.6) is 0 Å². The van der Waals surface area contributed by atoms with Gasteiger partial charge in [0.15, 0.2) is 5.82 Å². The van der Waals surface area contributed by atoms with E-state index in [2.05, 4.69) is 53.7 Å². The summed E-state index contributed by atoms with van der Waals surface area (Å²) >= 11 is 0. The molecule has 18 heteroatoms. The average molecular weight is 821 g/mol. The standard InChI is InChI=1S/C40H47F3N10O4S/c1-49-34-17-28(5-6-33(34)36(48-49)53-16-11-35(54)47-38(53)55)27-9-12-50(13-10-27)23-26-7-14-51(15-8-26)31-3-2-4-32(18-31)58(56,57)52-24-39(25-52)19-30(20-39)46-37-44-21-29(22-45-37)40(41,42)43/h2-6,17-18,21-22,26-27,30H,7-16,19-20,23-25H2,1H3,(H,44,45,46)(H,47,54,55). The number of anilines is 3. The smallest absolute Gasteiger partial charge is 0.371 e. The lowest BCUT2D eigenvalue weighted by Gasteiger charge is -2.58. The first-order chi connectivity index (χ1) is 27.7. The van der Waals surface area contributed by atoms with Crippen molar-refractivity contribution in [1.29, 1.82) is 0 Å². The van der Waals surface area contributed by atoms with Gasteiger partial charge in [-0.05, 0) is 99.3 Å². The number of benzene rings is 2. The van der Waals surface area contributed by atoms with E-state index in [1.54, 1.807) is 17.0 Å². The molecule has 5 fully saturated rings. The van der Waals surface area contributed by atoms with E-state index in [-0.39, 0.29) is 29.7 Å². The van der Waals surface area contributed by atoms with Crippen molar-refractivity contribution in [3.05, 3.63) is 66.0 Å². The number of sulfonamides is 1. The predicted octanol–water partition coefficient (Wildman–Crippen LogP) is 5.19. The Morgan fingerprint density at radius 2 is 1.66 bits per heavy atom. The number of urea groups is 1. The molecule has 2 N–H and O–H groups in total. The number of carbonyl (C=O) groups is 2. The highest BCUT2D eigenvalue weighted by Gasteiger charge is 2.56. The number of amides is 3. The monoisotopic (exact) mass is 820 g/mol. The molecule has 1 spiro atoms. The maximum Gasteiger partial charge on any atom is 0.419 e. The van der Waals surface area contributed by atoms with Crippen LogP contribution in [0.3, 0.4) is 0 Å². The molecular formula is C40H47F3N10O4S. The molecule has 1 saturated carbocycles. The van der Waals surface area contributed by atoms with Gasteiger partial charge in [0, 0.05) is 87.7 Å². The second kappa shape index (κ2) is 14.8. The maximum atomic E-state index is 13.6. The van der Waals surface area contributed by atoms with Crippen LogP contribution in [-0.2, 0) is 28.0 Å². The zero-order chi connectivity index (χ0) is 40.4. The summed E-state index contributed by atoms with van der Waals surface area (Å²) in [6, 6.07) is 13.2. The fourth-order valence-electron chi connectivity index (χ4n) is 9.60. The highest BCUT2D eigenvalue weighted by Crippen LogP contribution is 2.51. The second-order valence-electron chi connectivity index (χ2n) is 16.8. The van der Waals surface area contributed by atoms with Crippen LogP contribution < -0.4 is 20.4 Å². The van der Waals surface area contributed by atoms with Gasteiger partial charge in [-0.3, -0.25) is 19.7 Å². The lowest BCUT2D eigenvalue weighted by atomic mass is 9.61. The van der Waals surface area contributed by atoms with Gasteiger partial charge >= 0.3 is 12.2 Å². The largest absolute Gasteiger partial charge is 0.419 e. The van der Waals surface area contributed by atoms with Gasteiger partial charge in [0.05, 0.1) is 16.0 Å². The summed E-state index contributed by atoms with van der Waals surface area (Å²) in [5.74, 6) is 1.47. The Morgan fingerprint density at radius 3 is 2.34 bits per heavy atom. The van der Waals surface area contributed by atoms with Crippen LogP contribution >= 0.6 is 0 Å². The third kappa shape index (κ3) is 7.49. The lowest BCUT2D eigenvalue weighted by Crippen LogP contribution is -2.66. The fourth-order valence-corrected chi connectivity index (χ4v) is 11.3. The molecule has 4 saturated heterocycles. The molecule has 0 atom stereocenters. The topological polar surface area (TPSA) is 149 Å². The molecule has 1 aliphatic carbocycles. The summed E-state index contributed by atoms with van der Waals surface area (Å²) in [6.45, 7) is 6.01. The summed E-state index contributed by atoms with van der Waals surface area (Å²) in [6.07, 6.45) is 2.92. The number of rotatable bonds is 9. The highest BCUT2D eigenvalue weighted by molar-refractivity contribution is 7.89. The number of nitrogens with one attached hydrogen (secondary N) is 2. The van der Waals surface area contributed by atoms with Crippen molar-refractivity contribution >= 4 is 50.3 Å². The van der Waals surface area contributed by atoms with Gasteiger partial charge in [-0.2, -0.15) is 22.6 Å². The van der Waals surface area contributed by atoms with Gasteiger partial charge in [0.1, 0.15) is 0 Å². The van der Waals surface area contributed by atoms with Crippen LogP contribution in [0.15, 0.2) is 59.8 Å². The number of nitrogens with zero attached hydrogens (tertiary/aromatic N) is 8. The minimum absolute atomic E-state index is 0.0167. The number of halogens is 3. The number of imide groups is 1. The molecule has 4 aliphatic heterocycles. The van der Waals surface area contributed by atoms with Crippen molar-refractivity contribution in [3.63, 3.8) is 0 Å². The molecule has 0 unspecified atom stereocenters. The molecule has 3 amide bonds. The quantitative estimate of drug-likeness (QED) is 0.231. The van der Waals surface area contributed by atoms with Crippen molar-refractivity contribution in [2.24, 2.45) is 18.4 Å². The summed E-state index contributed by atoms with van der Waals surface area (Å²) in [7, 11) is -1.78. The third-order valence-corrected chi connectivity index (χ3v) is 14.7. The first kappa shape index (κ1) is 38.7. The van der Waals surface area contributed by atoms with Crippen LogP contribution in [0, 0.1) is 11.3 Å². The number of carbonyl (C=O) groups excluding carboxylic acids is 2. The molecule has 0 radical (unpaired) electrons. The first-order valence-corrected chi connectivity index (χ1v) is 21.5. The molecule has 2 aromatic heterocycles. The molecule has 308 valence electrons. The van der Waals surface area contributed by atoms with Crippen molar-refractivity contribution in [1.82, 2.24) is 34.3 Å². The van der Waals surface area contributed by atoms with Crippen molar-refractivity contribution in [2.75, 3.05) is 67.5 Å². The van der Waals surface area contributed by atoms with Crippen LogP contribution in [0.1, 0.15) is 62.0 Å². The minimum atomic E-state index is -4.49. The molecule has 9 rings (SSSR count). The Hall–Kier alpha value is -4.81. The first-order valence-electron chi connectivity index (χ1n) is 20.0. The van der Waals surface area contributed by atoms with Gasteiger partial charge in [-0.25, -0.2) is 23.2 Å². The van der Waals surface area contributed by atoms with Crippen LogP contribution in [0.2, 0.25) is 0 Å². The zero-order valence-corrected chi connectivity index (χ0v) is 33.1. The maximum absolute atomic E-state index is 13.6. The third-order valence-electron chi connectivity index (χ3n) is 12.9. The SMILES string of the molecule is Cn1nc(N2CCC(=O)NC2=O)c2ccc(C3CCN(CC4CCN(c5cccc(S(=O)(=O)N6CC7(CC(Nc8ncc(C(F)(F)F)cn8)C7)C6)c5)CC4)CC3)cc21. The Kier molecular flexibility index (Phi) is 9.86. The fraction of sp³-hybridized carbons (Fsp3) is 0.525. The van der Waals surface area contributed by atoms with Crippen LogP contribution in [0.25, 0.3) is 10.9 Å². The van der Waals surface area contributed by atoms with E-state index in [9.17, 15) is 31.2 Å². The molecule has 2 aromatic carbocycles. The van der Waals surface area contributed by atoms with E-state index in [4.69, 9.17) is 0 Å². The summed E-state index contributed by atoms with van der Waals surface area (Å²) in [5.41, 5.74) is 2.14. The minimum Gasteiger partial charge on any atom is -0.371 e. The molecule has 0 bridgehead atoms. The van der Waals surface area contributed by atoms with E-state index in [0.717, 1.165) is 87.4 Å². The molecular weight excluding hydrogens is 774 g/mol. The molecule has 4 aromatic rings. The van der Waals surface area contributed by atoms with Gasteiger partial charge in [-0.1, -0.05) is 12.1 Å². The van der Waals surface area contributed by atoms with Gasteiger partial charge in [-0.15, -0.1) is 0 Å². The van der Waals surface area contributed by atoms with E-state index in [1.807, 2.05) is 23.9 Å². The summed E-state index contributed by atoms with van der Waals surface area (Å²) < 4.78 is 69.1. The second-order valence-corrected chi connectivity index (χ2v) is 18.7. The number of hydrogen-bond acceptors (Lipinski definition) is 10. The summed E-state index contributed by atoms with van der Waals surface area (Å²) in [4.78, 5) is 38.5. The van der Waals surface area contributed by atoms with Crippen molar-refractivity contribution in [3.8, 4) is 0 Å². The molecule has 14 nitrogen and oxygen atoms in total.